The van der Waals surface area contributed by atoms with E-state index in [9.17, 15) is 9.90 Å². The van der Waals surface area contributed by atoms with Crippen molar-refractivity contribution in [3.63, 3.8) is 0 Å². The van der Waals surface area contributed by atoms with E-state index >= 15 is 0 Å². The second-order valence-corrected chi connectivity index (χ2v) is 5.58. The summed E-state index contributed by atoms with van der Waals surface area (Å²) in [4.78, 5) is 14.1. The third-order valence-corrected chi connectivity index (χ3v) is 4.10. The lowest BCUT2D eigenvalue weighted by atomic mass is 10.1. The summed E-state index contributed by atoms with van der Waals surface area (Å²) in [5.74, 6) is 0.116. The van der Waals surface area contributed by atoms with Gasteiger partial charge in [0, 0.05) is 25.8 Å². The Morgan fingerprint density at radius 3 is 3.00 bits per heavy atom. The zero-order valence-electron chi connectivity index (χ0n) is 10.2. The van der Waals surface area contributed by atoms with Crippen molar-refractivity contribution >= 4 is 28.5 Å². The van der Waals surface area contributed by atoms with Gasteiger partial charge in [-0.25, -0.2) is 0 Å². The van der Waals surface area contributed by atoms with Crippen LogP contribution in [0, 0.1) is 3.57 Å². The number of amides is 1. The number of rotatable bonds is 2. The molecule has 1 atom stereocenters. The summed E-state index contributed by atoms with van der Waals surface area (Å²) in [6.07, 6.45) is 2.08. The van der Waals surface area contributed by atoms with Gasteiger partial charge < -0.3 is 14.7 Å². The van der Waals surface area contributed by atoms with E-state index in [-0.39, 0.29) is 17.8 Å². The second-order valence-electron chi connectivity index (χ2n) is 4.42. The topological polar surface area (TPSA) is 49.8 Å². The predicted octanol–water partition coefficient (Wildman–Crippen LogP) is 2.25. The number of nitrogens with zero attached hydrogens (tertiary/aromatic N) is 1. The van der Waals surface area contributed by atoms with Gasteiger partial charge in [0.25, 0.3) is 5.91 Å². The summed E-state index contributed by atoms with van der Waals surface area (Å²) >= 11 is 2.03. The van der Waals surface area contributed by atoms with Crippen LogP contribution >= 0.6 is 22.6 Å². The molecule has 0 saturated carbocycles. The van der Waals surface area contributed by atoms with Gasteiger partial charge in [0.1, 0.15) is 5.75 Å². The van der Waals surface area contributed by atoms with Crippen LogP contribution in [0.15, 0.2) is 18.2 Å². The van der Waals surface area contributed by atoms with Crippen molar-refractivity contribution < 1.29 is 14.6 Å². The number of methoxy groups -OCH3 is 1. The molecule has 0 aliphatic carbocycles. The Kier molecular flexibility index (Phi) is 4.45. The lowest BCUT2D eigenvalue weighted by molar-refractivity contribution is 0.0269. The molecule has 1 N–H and O–H groups in total. The van der Waals surface area contributed by atoms with Gasteiger partial charge in [0.15, 0.2) is 0 Å². The van der Waals surface area contributed by atoms with Crippen LogP contribution in [0.3, 0.4) is 0 Å². The standard InChI is InChI=1S/C13H16INO3/c1-18-10-3-2-6-15(8-10)13(17)9-4-5-11(14)12(16)7-9/h4-5,7,10,16H,2-3,6,8H2,1H3. The summed E-state index contributed by atoms with van der Waals surface area (Å²) in [7, 11) is 1.68. The van der Waals surface area contributed by atoms with Crippen LogP contribution in [-0.4, -0.2) is 42.2 Å². The molecular weight excluding hydrogens is 345 g/mol. The van der Waals surface area contributed by atoms with Crippen molar-refractivity contribution in [1.29, 1.82) is 0 Å². The molecule has 1 aromatic carbocycles. The van der Waals surface area contributed by atoms with Gasteiger partial charge in [-0.3, -0.25) is 4.79 Å². The fourth-order valence-corrected chi connectivity index (χ4v) is 2.48. The number of phenols is 1. The first-order valence-electron chi connectivity index (χ1n) is 5.92. The highest BCUT2D eigenvalue weighted by Gasteiger charge is 2.24. The Labute approximate surface area is 120 Å². The van der Waals surface area contributed by atoms with Crippen LogP contribution in [0.5, 0.6) is 5.75 Å². The second kappa shape index (κ2) is 5.88. The smallest absolute Gasteiger partial charge is 0.254 e. The number of ether oxygens (including phenoxy) is 1. The van der Waals surface area contributed by atoms with E-state index in [1.54, 1.807) is 24.1 Å². The van der Waals surface area contributed by atoms with Crippen LogP contribution in [0.4, 0.5) is 0 Å². The Balaban J connectivity index is 2.12. The van der Waals surface area contributed by atoms with Gasteiger partial charge in [-0.2, -0.15) is 0 Å². The molecule has 4 nitrogen and oxygen atoms in total. The molecule has 1 fully saturated rings. The fraction of sp³-hybridized carbons (Fsp3) is 0.462. The molecule has 98 valence electrons. The zero-order chi connectivity index (χ0) is 13.1. The van der Waals surface area contributed by atoms with Crippen LogP contribution < -0.4 is 0 Å². The molecule has 1 amide bonds. The molecule has 18 heavy (non-hydrogen) atoms. The average molecular weight is 361 g/mol. The van der Waals surface area contributed by atoms with Crippen LogP contribution in [0.25, 0.3) is 0 Å². The molecule has 1 aliphatic heterocycles. The number of aromatic hydroxyl groups is 1. The number of hydrogen-bond donors (Lipinski definition) is 1. The summed E-state index contributed by atoms with van der Waals surface area (Å²) < 4.78 is 6.05. The molecule has 1 heterocycles. The normalized spacial score (nSPS) is 19.9. The first kappa shape index (κ1) is 13.6. The lowest BCUT2D eigenvalue weighted by Gasteiger charge is -2.32. The molecule has 0 bridgehead atoms. The molecule has 1 aliphatic rings. The van der Waals surface area contributed by atoms with E-state index < -0.39 is 0 Å². The largest absolute Gasteiger partial charge is 0.507 e. The number of piperidine rings is 1. The van der Waals surface area contributed by atoms with Crippen molar-refractivity contribution in [1.82, 2.24) is 4.90 Å². The third kappa shape index (κ3) is 2.95. The van der Waals surface area contributed by atoms with Crippen LogP contribution in [-0.2, 0) is 4.74 Å². The summed E-state index contributed by atoms with van der Waals surface area (Å²) in [5.41, 5.74) is 0.532. The number of carbonyl (C=O) groups excluding carboxylic acids is 1. The molecule has 0 radical (unpaired) electrons. The lowest BCUT2D eigenvalue weighted by Crippen LogP contribution is -2.42. The van der Waals surface area contributed by atoms with Gasteiger partial charge in [0.2, 0.25) is 0 Å². The van der Waals surface area contributed by atoms with Crippen molar-refractivity contribution in [3.8, 4) is 5.75 Å². The molecule has 1 unspecified atom stereocenters. The van der Waals surface area contributed by atoms with Crippen molar-refractivity contribution in [2.24, 2.45) is 0 Å². The minimum atomic E-state index is -0.0385. The van der Waals surface area contributed by atoms with Crippen LogP contribution in [0.2, 0.25) is 0 Å². The number of phenolic OH excluding ortho intramolecular Hbond substituents is 1. The van der Waals surface area contributed by atoms with Gasteiger partial charge in [-0.1, -0.05) is 0 Å². The van der Waals surface area contributed by atoms with E-state index in [0.29, 0.717) is 12.1 Å². The maximum Gasteiger partial charge on any atom is 0.254 e. The predicted molar refractivity (Wildman–Crippen MR) is 76.8 cm³/mol. The Morgan fingerprint density at radius 1 is 1.56 bits per heavy atom. The van der Waals surface area contributed by atoms with Crippen molar-refractivity contribution in [2.45, 2.75) is 18.9 Å². The van der Waals surface area contributed by atoms with Gasteiger partial charge in [0.05, 0.1) is 9.67 Å². The maximum atomic E-state index is 12.3. The highest BCUT2D eigenvalue weighted by Crippen LogP contribution is 2.22. The molecular formula is C13H16INO3. The number of carbonyl (C=O) groups is 1. The Morgan fingerprint density at radius 2 is 2.33 bits per heavy atom. The minimum absolute atomic E-state index is 0.0385. The van der Waals surface area contributed by atoms with E-state index in [1.807, 2.05) is 22.6 Å². The summed E-state index contributed by atoms with van der Waals surface area (Å²) in [6.45, 7) is 1.38. The molecule has 0 aromatic heterocycles. The molecule has 2 rings (SSSR count). The monoisotopic (exact) mass is 361 g/mol. The fourth-order valence-electron chi connectivity index (χ4n) is 2.14. The first-order valence-corrected chi connectivity index (χ1v) is 7.00. The van der Waals surface area contributed by atoms with E-state index in [4.69, 9.17) is 4.74 Å². The number of hydrogen-bond acceptors (Lipinski definition) is 3. The van der Waals surface area contributed by atoms with Gasteiger partial charge in [-0.05, 0) is 53.6 Å². The number of halogens is 1. The van der Waals surface area contributed by atoms with Crippen molar-refractivity contribution in [3.05, 3.63) is 27.3 Å². The van der Waals surface area contributed by atoms with Gasteiger partial charge >= 0.3 is 0 Å². The minimum Gasteiger partial charge on any atom is -0.507 e. The average Bonchev–Trinajstić information content (AvgIpc) is 2.41. The Hall–Kier alpha value is -0.820. The van der Waals surface area contributed by atoms with Crippen LogP contribution in [0.1, 0.15) is 23.2 Å². The molecule has 0 spiro atoms. The van der Waals surface area contributed by atoms with E-state index in [0.717, 1.165) is 23.0 Å². The summed E-state index contributed by atoms with van der Waals surface area (Å²) in [5, 5.41) is 9.64. The first-order chi connectivity index (χ1) is 8.61. The zero-order valence-corrected chi connectivity index (χ0v) is 12.4. The highest BCUT2D eigenvalue weighted by atomic mass is 127. The highest BCUT2D eigenvalue weighted by molar-refractivity contribution is 14.1. The number of likely N-dealkylation sites (tertiary alicyclic amines) is 1. The number of benzene rings is 1. The van der Waals surface area contributed by atoms with Gasteiger partial charge in [-0.15, -0.1) is 0 Å². The van der Waals surface area contributed by atoms with E-state index in [2.05, 4.69) is 0 Å². The third-order valence-electron chi connectivity index (χ3n) is 3.19. The SMILES string of the molecule is COC1CCCN(C(=O)c2ccc(I)c(O)c2)C1. The quantitative estimate of drug-likeness (QED) is 0.823. The van der Waals surface area contributed by atoms with E-state index in [1.165, 1.54) is 6.07 Å². The molecule has 1 aromatic rings. The molecule has 1 saturated heterocycles. The van der Waals surface area contributed by atoms with Crippen molar-refractivity contribution in [2.75, 3.05) is 20.2 Å². The Bertz CT molecular complexity index is 450. The maximum absolute atomic E-state index is 12.3. The molecule has 5 heteroatoms. The summed E-state index contributed by atoms with van der Waals surface area (Å²) in [6, 6.07) is 5.03.